The molecule has 2 rings (SSSR count). The van der Waals surface area contributed by atoms with Crippen molar-refractivity contribution in [2.24, 2.45) is 4.99 Å². The van der Waals surface area contributed by atoms with Crippen molar-refractivity contribution in [3.05, 3.63) is 41.9 Å². The summed E-state index contributed by atoms with van der Waals surface area (Å²) in [5.41, 5.74) is 3.46. The highest BCUT2D eigenvalue weighted by Gasteiger charge is 2.07. The molecule has 2 heterocycles. The van der Waals surface area contributed by atoms with Crippen LogP contribution in [0.5, 0.6) is 0 Å². The van der Waals surface area contributed by atoms with Gasteiger partial charge in [0, 0.05) is 12.4 Å². The summed E-state index contributed by atoms with van der Waals surface area (Å²) >= 11 is 0. The molecule has 0 aliphatic carbocycles. The number of aliphatic imine (C=N–C) groups is 1. The summed E-state index contributed by atoms with van der Waals surface area (Å²) in [7, 11) is 0. The van der Waals surface area contributed by atoms with Gasteiger partial charge in [-0.25, -0.2) is 0 Å². The molecule has 0 fully saturated rings. The van der Waals surface area contributed by atoms with Gasteiger partial charge in [0.05, 0.1) is 11.4 Å². The van der Waals surface area contributed by atoms with Gasteiger partial charge in [0.1, 0.15) is 0 Å². The number of aromatic nitrogens is 1. The Morgan fingerprint density at radius 2 is 2.15 bits per heavy atom. The largest absolute Gasteiger partial charge is 0.259 e. The van der Waals surface area contributed by atoms with Gasteiger partial charge in [0.25, 0.3) is 0 Å². The third-order valence-electron chi connectivity index (χ3n) is 2.16. The number of allylic oxidation sites excluding steroid dienone is 1. The van der Waals surface area contributed by atoms with Crippen LogP contribution in [-0.4, -0.2) is 10.7 Å². The fourth-order valence-corrected chi connectivity index (χ4v) is 1.36. The Hall–Kier alpha value is -1.44. The molecule has 0 N–H and O–H groups in total. The van der Waals surface area contributed by atoms with Gasteiger partial charge in [-0.3, -0.25) is 9.98 Å². The van der Waals surface area contributed by atoms with Crippen LogP contribution in [0.15, 0.2) is 41.2 Å². The summed E-state index contributed by atoms with van der Waals surface area (Å²) in [6.07, 6.45) is 5.87. The molecular weight excluding hydrogens is 160 g/mol. The molecule has 0 aromatic carbocycles. The highest BCUT2D eigenvalue weighted by Crippen LogP contribution is 2.14. The van der Waals surface area contributed by atoms with Crippen molar-refractivity contribution in [3.8, 4) is 0 Å². The van der Waals surface area contributed by atoms with E-state index in [1.54, 1.807) is 0 Å². The molecular formula is C11H12N2. The first-order valence-corrected chi connectivity index (χ1v) is 4.50. The number of hydrogen-bond donors (Lipinski definition) is 0. The first kappa shape index (κ1) is 8.17. The van der Waals surface area contributed by atoms with E-state index in [9.17, 15) is 0 Å². The third kappa shape index (κ3) is 1.83. The van der Waals surface area contributed by atoms with E-state index in [1.165, 1.54) is 5.57 Å². The average molecular weight is 172 g/mol. The van der Waals surface area contributed by atoms with Crippen molar-refractivity contribution in [1.82, 2.24) is 4.98 Å². The molecule has 13 heavy (non-hydrogen) atoms. The van der Waals surface area contributed by atoms with E-state index in [0.29, 0.717) is 0 Å². The number of pyridine rings is 1. The van der Waals surface area contributed by atoms with Gasteiger partial charge < -0.3 is 0 Å². The van der Waals surface area contributed by atoms with Crippen LogP contribution in [-0.2, 0) is 0 Å². The topological polar surface area (TPSA) is 25.2 Å². The van der Waals surface area contributed by atoms with Gasteiger partial charge in [-0.1, -0.05) is 11.6 Å². The maximum atomic E-state index is 4.37. The van der Waals surface area contributed by atoms with Crippen LogP contribution >= 0.6 is 0 Å². The summed E-state index contributed by atoms with van der Waals surface area (Å²) in [6, 6.07) is 5.93. The lowest BCUT2D eigenvalue weighted by molar-refractivity contribution is 0.970. The summed E-state index contributed by atoms with van der Waals surface area (Å²) in [4.78, 5) is 8.64. The second kappa shape index (κ2) is 3.52. The van der Waals surface area contributed by atoms with Gasteiger partial charge >= 0.3 is 0 Å². The number of rotatable bonds is 1. The highest BCUT2D eigenvalue weighted by atomic mass is 14.8. The predicted molar refractivity (Wildman–Crippen MR) is 53.8 cm³/mol. The first-order valence-electron chi connectivity index (χ1n) is 4.50. The van der Waals surface area contributed by atoms with E-state index in [-0.39, 0.29) is 0 Å². The molecule has 1 aliphatic rings. The van der Waals surface area contributed by atoms with Crippen molar-refractivity contribution >= 4 is 5.71 Å². The first-order chi connectivity index (χ1) is 6.36. The Kier molecular flexibility index (Phi) is 2.21. The molecule has 0 saturated carbocycles. The quantitative estimate of drug-likeness (QED) is 0.639. The Morgan fingerprint density at radius 3 is 2.77 bits per heavy atom. The van der Waals surface area contributed by atoms with Crippen LogP contribution in [0.1, 0.15) is 25.5 Å². The fourth-order valence-electron chi connectivity index (χ4n) is 1.36. The zero-order chi connectivity index (χ0) is 9.10. The second-order valence-electron chi connectivity index (χ2n) is 3.27. The molecule has 0 unspecified atom stereocenters. The minimum Gasteiger partial charge on any atom is -0.259 e. The fraction of sp³-hybridized carbons (Fsp3) is 0.273. The standard InChI is InChI=1S/C11H12N2/c1-9-5-6-11(13-8-9)10-4-2-3-7-12-10/h2-4,7-8H,5-6H2,1H3. The molecule has 0 amide bonds. The van der Waals surface area contributed by atoms with Crippen LogP contribution in [0.2, 0.25) is 0 Å². The van der Waals surface area contributed by atoms with Gasteiger partial charge in [-0.15, -0.1) is 0 Å². The average Bonchev–Trinajstić information content (AvgIpc) is 2.20. The molecule has 2 nitrogen and oxygen atoms in total. The lowest BCUT2D eigenvalue weighted by Gasteiger charge is -2.09. The van der Waals surface area contributed by atoms with Crippen molar-refractivity contribution in [2.75, 3.05) is 0 Å². The summed E-state index contributed by atoms with van der Waals surface area (Å²) in [6.45, 7) is 2.11. The highest BCUT2D eigenvalue weighted by molar-refractivity contribution is 5.99. The lowest BCUT2D eigenvalue weighted by atomic mass is 10.0. The third-order valence-corrected chi connectivity index (χ3v) is 2.16. The van der Waals surface area contributed by atoms with Crippen LogP contribution in [0.3, 0.4) is 0 Å². The SMILES string of the molecule is CC1=CN=C(c2ccccn2)CC1. The van der Waals surface area contributed by atoms with Crippen molar-refractivity contribution in [2.45, 2.75) is 19.8 Å². The normalized spacial score (nSPS) is 16.4. The van der Waals surface area contributed by atoms with Crippen molar-refractivity contribution < 1.29 is 0 Å². The molecule has 2 heteroatoms. The lowest BCUT2D eigenvalue weighted by Crippen LogP contribution is -2.05. The smallest absolute Gasteiger partial charge is 0.0844 e. The molecule has 1 aromatic heterocycles. The van der Waals surface area contributed by atoms with Crippen LogP contribution in [0.4, 0.5) is 0 Å². The number of nitrogens with zero attached hydrogens (tertiary/aromatic N) is 2. The van der Waals surface area contributed by atoms with Gasteiger partial charge in [0.2, 0.25) is 0 Å². The second-order valence-corrected chi connectivity index (χ2v) is 3.27. The number of hydrogen-bond acceptors (Lipinski definition) is 2. The van der Waals surface area contributed by atoms with E-state index >= 15 is 0 Å². The summed E-state index contributed by atoms with van der Waals surface area (Å²) in [5, 5.41) is 0. The molecule has 1 aliphatic heterocycles. The van der Waals surface area contributed by atoms with Gasteiger partial charge in [-0.05, 0) is 31.9 Å². The zero-order valence-corrected chi connectivity index (χ0v) is 7.70. The Balaban J connectivity index is 2.29. The van der Waals surface area contributed by atoms with Crippen LogP contribution < -0.4 is 0 Å². The van der Waals surface area contributed by atoms with Crippen molar-refractivity contribution in [3.63, 3.8) is 0 Å². The van der Waals surface area contributed by atoms with E-state index in [2.05, 4.69) is 16.9 Å². The Labute approximate surface area is 78.0 Å². The van der Waals surface area contributed by atoms with E-state index in [0.717, 1.165) is 24.2 Å². The van der Waals surface area contributed by atoms with Gasteiger partial charge in [0.15, 0.2) is 0 Å². The minimum atomic E-state index is 1.01. The van der Waals surface area contributed by atoms with Crippen LogP contribution in [0, 0.1) is 0 Å². The van der Waals surface area contributed by atoms with Gasteiger partial charge in [-0.2, -0.15) is 0 Å². The summed E-state index contributed by atoms with van der Waals surface area (Å²) < 4.78 is 0. The maximum absolute atomic E-state index is 4.37. The minimum absolute atomic E-state index is 1.01. The molecule has 0 bridgehead atoms. The monoisotopic (exact) mass is 172 g/mol. The van der Waals surface area contributed by atoms with E-state index in [4.69, 9.17) is 0 Å². The Morgan fingerprint density at radius 1 is 1.23 bits per heavy atom. The van der Waals surface area contributed by atoms with Crippen LogP contribution in [0.25, 0.3) is 0 Å². The maximum Gasteiger partial charge on any atom is 0.0844 e. The molecule has 1 aromatic rings. The zero-order valence-electron chi connectivity index (χ0n) is 7.70. The predicted octanol–water partition coefficient (Wildman–Crippen LogP) is 2.57. The molecule has 0 spiro atoms. The summed E-state index contributed by atoms with van der Waals surface area (Å²) in [5.74, 6) is 0. The Bertz CT molecular complexity index is 350. The molecule has 0 atom stereocenters. The molecule has 0 saturated heterocycles. The van der Waals surface area contributed by atoms with Crippen molar-refractivity contribution in [1.29, 1.82) is 0 Å². The molecule has 0 radical (unpaired) electrons. The van der Waals surface area contributed by atoms with E-state index < -0.39 is 0 Å². The molecule has 66 valence electrons. The van der Waals surface area contributed by atoms with E-state index in [1.807, 2.05) is 30.6 Å².